The van der Waals surface area contributed by atoms with E-state index in [1.807, 2.05) is 0 Å². The van der Waals surface area contributed by atoms with Crippen molar-refractivity contribution in [1.82, 2.24) is 9.55 Å². The molecule has 1 aliphatic heterocycles. The number of ether oxygens (including phenoxy) is 4. The Morgan fingerprint density at radius 2 is 1.78 bits per heavy atom. The molecule has 0 amide bonds. The fourth-order valence-electron chi connectivity index (χ4n) is 3.88. The highest BCUT2D eigenvalue weighted by atomic mass is 16.7. The lowest BCUT2D eigenvalue weighted by molar-refractivity contribution is -0.166. The molecule has 0 radical (unpaired) electrons. The van der Waals surface area contributed by atoms with E-state index in [1.54, 1.807) is 6.07 Å². The van der Waals surface area contributed by atoms with Gasteiger partial charge in [0.05, 0.1) is 5.39 Å². The maximum absolute atomic E-state index is 12.9. The predicted octanol–water partition coefficient (Wildman–Crippen LogP) is 2.64. The highest BCUT2D eigenvalue weighted by molar-refractivity contribution is 5.74. The van der Waals surface area contributed by atoms with Gasteiger partial charge in [-0.05, 0) is 12.3 Å². The van der Waals surface area contributed by atoms with E-state index in [9.17, 15) is 19.2 Å². The molecule has 0 N–H and O–H groups in total. The van der Waals surface area contributed by atoms with E-state index in [1.165, 1.54) is 33.4 Å². The fraction of sp³-hybridized carbons (Fsp3) is 0.560. The first kappa shape index (κ1) is 26.9. The van der Waals surface area contributed by atoms with Crippen molar-refractivity contribution < 1.29 is 37.7 Å². The summed E-state index contributed by atoms with van der Waals surface area (Å²) in [7, 11) is 0. The molecule has 11 nitrogen and oxygen atoms in total. The monoisotopic (exact) mass is 502 g/mol. The van der Waals surface area contributed by atoms with Crippen LogP contribution in [0.5, 0.6) is 0 Å². The van der Waals surface area contributed by atoms with Gasteiger partial charge in [0.15, 0.2) is 24.2 Å². The standard InChI is InChI=1S/C25H30N2O9/c1-5-6-7-8-9-10-11-19-12-18-13-27(25(31)26-23(18)35-19)24-22(34-17(4)30)21(33-16(3)29)20(36-24)14-32-15(2)28/h12-13,20-22,24H,5-9,14H2,1-4H3/t20-,21-,22-,24-/m1/s1. The van der Waals surface area contributed by atoms with Crippen molar-refractivity contribution in [3.63, 3.8) is 0 Å². The van der Waals surface area contributed by atoms with Crippen LogP contribution >= 0.6 is 0 Å². The maximum Gasteiger partial charge on any atom is 0.353 e. The first-order chi connectivity index (χ1) is 17.2. The second kappa shape index (κ2) is 12.4. The minimum atomic E-state index is -1.20. The number of carbonyl (C=O) groups excluding carboxylic acids is 3. The van der Waals surface area contributed by atoms with Gasteiger partial charge in [0.1, 0.15) is 12.7 Å². The van der Waals surface area contributed by atoms with Crippen LogP contribution in [0, 0.1) is 11.8 Å². The van der Waals surface area contributed by atoms with Gasteiger partial charge in [0.25, 0.3) is 0 Å². The van der Waals surface area contributed by atoms with Crippen LogP contribution in [0.4, 0.5) is 0 Å². The molecule has 194 valence electrons. The van der Waals surface area contributed by atoms with Crippen molar-refractivity contribution in [3.8, 4) is 11.8 Å². The Morgan fingerprint density at radius 1 is 1.06 bits per heavy atom. The van der Waals surface area contributed by atoms with Crippen molar-refractivity contribution in [2.24, 2.45) is 0 Å². The summed E-state index contributed by atoms with van der Waals surface area (Å²) in [5.74, 6) is 4.44. The molecule has 0 bridgehead atoms. The smallest absolute Gasteiger partial charge is 0.353 e. The number of esters is 3. The molecule has 0 unspecified atom stereocenters. The Bertz CT molecular complexity index is 1220. The molecule has 0 aromatic carbocycles. The van der Waals surface area contributed by atoms with Crippen molar-refractivity contribution in [3.05, 3.63) is 28.5 Å². The maximum atomic E-state index is 12.9. The molecule has 2 aromatic heterocycles. The van der Waals surface area contributed by atoms with E-state index >= 15 is 0 Å². The molecule has 3 rings (SSSR count). The number of rotatable bonds is 9. The summed E-state index contributed by atoms with van der Waals surface area (Å²) in [6, 6.07) is 1.65. The zero-order valence-electron chi connectivity index (χ0n) is 20.8. The summed E-state index contributed by atoms with van der Waals surface area (Å²) >= 11 is 0. The number of fused-ring (bicyclic) bond motifs is 1. The van der Waals surface area contributed by atoms with E-state index in [0.29, 0.717) is 11.1 Å². The van der Waals surface area contributed by atoms with Crippen LogP contribution in [0.3, 0.4) is 0 Å². The number of hydrogen-bond donors (Lipinski definition) is 0. The van der Waals surface area contributed by atoms with Gasteiger partial charge in [-0.1, -0.05) is 32.1 Å². The number of carbonyl (C=O) groups is 3. The van der Waals surface area contributed by atoms with E-state index in [2.05, 4.69) is 23.7 Å². The summed E-state index contributed by atoms with van der Waals surface area (Å²) in [5.41, 5.74) is -0.644. The third-order valence-electron chi connectivity index (χ3n) is 5.42. The van der Waals surface area contributed by atoms with Crippen LogP contribution in [0.1, 0.15) is 71.8 Å². The second-order valence-electron chi connectivity index (χ2n) is 8.43. The van der Waals surface area contributed by atoms with Crippen molar-refractivity contribution in [1.29, 1.82) is 0 Å². The molecule has 0 saturated carbocycles. The Labute approximate surface area is 208 Å². The van der Waals surface area contributed by atoms with Crippen LogP contribution in [-0.4, -0.2) is 52.4 Å². The Hall–Kier alpha value is -3.65. The van der Waals surface area contributed by atoms with Gasteiger partial charge in [-0.2, -0.15) is 4.98 Å². The Kier molecular flexibility index (Phi) is 9.25. The van der Waals surface area contributed by atoms with E-state index in [0.717, 1.165) is 30.3 Å². The SMILES string of the molecule is CCCCCCC#Cc1cc2cn([C@@H]3O[C@H](COC(C)=O)[C@@H](OC(C)=O)[C@H]3OC(C)=O)c(=O)nc2o1. The first-order valence-corrected chi connectivity index (χ1v) is 11.8. The van der Waals surface area contributed by atoms with Crippen LogP contribution < -0.4 is 5.69 Å². The molecule has 1 fully saturated rings. The largest absolute Gasteiger partial charge is 0.463 e. The van der Waals surface area contributed by atoms with Gasteiger partial charge in [0.2, 0.25) is 5.71 Å². The molecule has 3 heterocycles. The topological polar surface area (TPSA) is 136 Å². The number of furan rings is 1. The molecule has 0 spiro atoms. The van der Waals surface area contributed by atoms with Gasteiger partial charge in [-0.25, -0.2) is 4.79 Å². The molecule has 2 aromatic rings. The van der Waals surface area contributed by atoms with Gasteiger partial charge in [0, 0.05) is 39.5 Å². The minimum Gasteiger partial charge on any atom is -0.463 e. The minimum absolute atomic E-state index is 0.0987. The van der Waals surface area contributed by atoms with Gasteiger partial charge in [-0.3, -0.25) is 19.0 Å². The third kappa shape index (κ3) is 6.95. The third-order valence-corrected chi connectivity index (χ3v) is 5.42. The lowest BCUT2D eigenvalue weighted by Crippen LogP contribution is -2.41. The normalized spacial score (nSPS) is 21.0. The predicted molar refractivity (Wildman–Crippen MR) is 126 cm³/mol. The zero-order valence-corrected chi connectivity index (χ0v) is 20.8. The van der Waals surface area contributed by atoms with Gasteiger partial charge < -0.3 is 23.4 Å². The van der Waals surface area contributed by atoms with E-state index < -0.39 is 48.1 Å². The summed E-state index contributed by atoms with van der Waals surface area (Å²) in [6.45, 7) is 5.43. The number of aromatic nitrogens is 2. The molecular formula is C25H30N2O9. The first-order valence-electron chi connectivity index (χ1n) is 11.8. The van der Waals surface area contributed by atoms with Crippen LogP contribution in [0.2, 0.25) is 0 Å². The average Bonchev–Trinajstić information content (AvgIpc) is 3.34. The van der Waals surface area contributed by atoms with E-state index in [-0.39, 0.29) is 12.3 Å². The fourth-order valence-corrected chi connectivity index (χ4v) is 3.88. The summed E-state index contributed by atoms with van der Waals surface area (Å²) in [6.07, 6.45) is 2.09. The average molecular weight is 503 g/mol. The lowest BCUT2D eigenvalue weighted by Gasteiger charge is -2.23. The number of unbranched alkanes of at least 4 members (excludes halogenated alkanes) is 4. The van der Waals surface area contributed by atoms with Crippen LogP contribution in [-0.2, 0) is 33.3 Å². The highest BCUT2D eigenvalue weighted by Gasteiger charge is 2.51. The van der Waals surface area contributed by atoms with Gasteiger partial charge in [-0.15, -0.1) is 0 Å². The highest BCUT2D eigenvalue weighted by Crippen LogP contribution is 2.34. The molecule has 36 heavy (non-hydrogen) atoms. The quantitative estimate of drug-likeness (QED) is 0.218. The van der Waals surface area contributed by atoms with Crippen molar-refractivity contribution in [2.75, 3.05) is 6.61 Å². The molecule has 0 aliphatic carbocycles. The van der Waals surface area contributed by atoms with Crippen molar-refractivity contribution in [2.45, 2.75) is 84.3 Å². The molecular weight excluding hydrogens is 472 g/mol. The Balaban J connectivity index is 1.91. The molecule has 1 saturated heterocycles. The molecule has 4 atom stereocenters. The summed E-state index contributed by atoms with van der Waals surface area (Å²) in [4.78, 5) is 51.7. The Morgan fingerprint density at radius 3 is 2.44 bits per heavy atom. The second-order valence-corrected chi connectivity index (χ2v) is 8.43. The number of nitrogens with zero attached hydrogens (tertiary/aromatic N) is 2. The number of hydrogen-bond acceptors (Lipinski definition) is 10. The summed E-state index contributed by atoms with van der Waals surface area (Å²) < 4.78 is 28.3. The van der Waals surface area contributed by atoms with Crippen LogP contribution in [0.15, 0.2) is 21.5 Å². The van der Waals surface area contributed by atoms with Gasteiger partial charge >= 0.3 is 23.6 Å². The van der Waals surface area contributed by atoms with E-state index in [4.69, 9.17) is 23.4 Å². The van der Waals surface area contributed by atoms with Crippen molar-refractivity contribution >= 4 is 29.0 Å². The zero-order chi connectivity index (χ0) is 26.2. The molecule has 1 aliphatic rings. The van der Waals surface area contributed by atoms with Crippen LogP contribution in [0.25, 0.3) is 11.1 Å². The lowest BCUT2D eigenvalue weighted by atomic mass is 10.1. The molecule has 11 heteroatoms. The summed E-state index contributed by atoms with van der Waals surface area (Å²) in [5, 5.41) is 0.475.